The molecule has 2 N–H and O–H groups in total. The first-order valence-electron chi connectivity index (χ1n) is 11.0. The van der Waals surface area contributed by atoms with Crippen molar-refractivity contribution >= 4 is 16.7 Å². The summed E-state index contributed by atoms with van der Waals surface area (Å²) >= 11 is 0. The molecule has 0 radical (unpaired) electrons. The number of anilines is 1. The first-order chi connectivity index (χ1) is 15.7. The van der Waals surface area contributed by atoms with Gasteiger partial charge in [-0.1, -0.05) is 36.4 Å². The molecule has 1 aliphatic rings. The lowest BCUT2D eigenvalue weighted by molar-refractivity contribution is 0.478. The summed E-state index contributed by atoms with van der Waals surface area (Å²) in [6.45, 7) is 3.84. The van der Waals surface area contributed by atoms with Gasteiger partial charge in [-0.15, -0.1) is 0 Å². The van der Waals surface area contributed by atoms with Crippen LogP contribution in [0.25, 0.3) is 28.0 Å². The predicted octanol–water partition coefficient (Wildman–Crippen LogP) is 4.27. The standard InChI is InChI=1S/C25H25N7/c1-17(14-26)22-16-29-24(20-9-8-18-5-2-3-6-19(18)13-20)32(22)23-10-12-28-25(31-23)30-21-7-4-11-27-15-21/h2-3,5-6,8-10,12-13,16-17,21,27H,4,7,11,15H2,1H3,(H,28,30,31). The maximum atomic E-state index is 9.61. The number of nitrogens with zero attached hydrogens (tertiary/aromatic N) is 5. The summed E-state index contributed by atoms with van der Waals surface area (Å²) in [5.41, 5.74) is 1.78. The van der Waals surface area contributed by atoms with Crippen molar-refractivity contribution in [3.63, 3.8) is 0 Å². The summed E-state index contributed by atoms with van der Waals surface area (Å²) in [4.78, 5) is 13.9. The largest absolute Gasteiger partial charge is 0.350 e. The summed E-state index contributed by atoms with van der Waals surface area (Å²) < 4.78 is 1.98. The quantitative estimate of drug-likeness (QED) is 0.498. The molecule has 0 amide bonds. The topological polar surface area (TPSA) is 91.5 Å². The third kappa shape index (κ3) is 3.93. The number of hydrogen-bond acceptors (Lipinski definition) is 6. The van der Waals surface area contributed by atoms with Crippen molar-refractivity contribution in [1.82, 2.24) is 24.8 Å². The van der Waals surface area contributed by atoms with Crippen molar-refractivity contribution < 1.29 is 0 Å². The number of aromatic nitrogens is 4. The second-order valence-corrected chi connectivity index (χ2v) is 8.18. The van der Waals surface area contributed by atoms with E-state index in [2.05, 4.69) is 52.0 Å². The Morgan fingerprint density at radius 1 is 1.16 bits per heavy atom. The molecule has 0 bridgehead atoms. The highest BCUT2D eigenvalue weighted by Gasteiger charge is 2.20. The number of nitrogens with one attached hydrogen (secondary N) is 2. The third-order valence-corrected chi connectivity index (χ3v) is 5.93. The van der Waals surface area contributed by atoms with E-state index in [1.165, 1.54) is 5.39 Å². The smallest absolute Gasteiger partial charge is 0.224 e. The van der Waals surface area contributed by atoms with Crippen LogP contribution in [0, 0.1) is 11.3 Å². The molecule has 32 heavy (non-hydrogen) atoms. The molecule has 1 saturated heterocycles. The van der Waals surface area contributed by atoms with Crippen LogP contribution in [0.4, 0.5) is 5.95 Å². The Labute approximate surface area is 187 Å². The number of fused-ring (bicyclic) bond motifs is 1. The van der Waals surface area contributed by atoms with Crippen molar-refractivity contribution in [1.29, 1.82) is 5.26 Å². The highest BCUT2D eigenvalue weighted by molar-refractivity contribution is 5.86. The van der Waals surface area contributed by atoms with Gasteiger partial charge in [-0.2, -0.15) is 10.2 Å². The van der Waals surface area contributed by atoms with E-state index in [9.17, 15) is 5.26 Å². The van der Waals surface area contributed by atoms with Gasteiger partial charge >= 0.3 is 0 Å². The molecule has 160 valence electrons. The zero-order valence-corrected chi connectivity index (χ0v) is 18.0. The zero-order valence-electron chi connectivity index (χ0n) is 18.0. The molecule has 7 heteroatoms. The van der Waals surface area contributed by atoms with Crippen LogP contribution in [-0.2, 0) is 0 Å². The van der Waals surface area contributed by atoms with E-state index in [1.54, 1.807) is 12.4 Å². The van der Waals surface area contributed by atoms with Gasteiger partial charge in [0.1, 0.15) is 11.6 Å². The third-order valence-electron chi connectivity index (χ3n) is 5.93. The molecular formula is C25H25N7. The zero-order chi connectivity index (χ0) is 21.9. The van der Waals surface area contributed by atoms with Gasteiger partial charge < -0.3 is 10.6 Å². The Kier molecular flexibility index (Phi) is 5.53. The summed E-state index contributed by atoms with van der Waals surface area (Å²) in [6, 6.07) is 19.1. The van der Waals surface area contributed by atoms with Gasteiger partial charge in [-0.05, 0) is 49.2 Å². The van der Waals surface area contributed by atoms with Crippen LogP contribution in [0.5, 0.6) is 0 Å². The molecule has 1 fully saturated rings. The molecule has 2 atom stereocenters. The van der Waals surface area contributed by atoms with Crippen molar-refractivity contribution in [2.24, 2.45) is 0 Å². The molecule has 0 saturated carbocycles. The van der Waals surface area contributed by atoms with Gasteiger partial charge in [0.25, 0.3) is 0 Å². The van der Waals surface area contributed by atoms with Crippen LogP contribution in [0.1, 0.15) is 31.4 Å². The van der Waals surface area contributed by atoms with E-state index < -0.39 is 0 Å². The number of nitriles is 1. The molecule has 4 aromatic rings. The Morgan fingerprint density at radius 3 is 2.84 bits per heavy atom. The maximum Gasteiger partial charge on any atom is 0.224 e. The molecule has 2 aromatic heterocycles. The van der Waals surface area contributed by atoms with Crippen LogP contribution in [0.3, 0.4) is 0 Å². The molecular weight excluding hydrogens is 398 g/mol. The van der Waals surface area contributed by atoms with Crippen molar-refractivity contribution in [3.8, 4) is 23.3 Å². The molecule has 5 rings (SSSR count). The fraction of sp³-hybridized carbons (Fsp3) is 0.280. The van der Waals surface area contributed by atoms with E-state index in [0.717, 1.165) is 48.4 Å². The number of benzene rings is 2. The van der Waals surface area contributed by atoms with E-state index in [4.69, 9.17) is 9.97 Å². The highest BCUT2D eigenvalue weighted by Crippen LogP contribution is 2.29. The molecule has 1 aliphatic heterocycles. The van der Waals surface area contributed by atoms with Gasteiger partial charge in [0.15, 0.2) is 0 Å². The Bertz CT molecular complexity index is 1280. The Balaban J connectivity index is 1.58. The monoisotopic (exact) mass is 423 g/mol. The molecule has 0 spiro atoms. The Morgan fingerprint density at radius 2 is 2.03 bits per heavy atom. The lowest BCUT2D eigenvalue weighted by Crippen LogP contribution is -2.38. The van der Waals surface area contributed by atoms with Crippen molar-refractivity contribution in [3.05, 3.63) is 66.6 Å². The van der Waals surface area contributed by atoms with Crippen LogP contribution in [0.2, 0.25) is 0 Å². The van der Waals surface area contributed by atoms with E-state index in [1.807, 2.05) is 29.7 Å². The highest BCUT2D eigenvalue weighted by atomic mass is 15.2. The Hall–Kier alpha value is -3.76. The first kappa shape index (κ1) is 20.2. The summed E-state index contributed by atoms with van der Waals surface area (Å²) in [5.74, 6) is 1.72. The van der Waals surface area contributed by atoms with Crippen molar-refractivity contribution in [2.75, 3.05) is 18.4 Å². The number of rotatable bonds is 5. The molecule has 7 nitrogen and oxygen atoms in total. The minimum Gasteiger partial charge on any atom is -0.350 e. The minimum atomic E-state index is -0.328. The lowest BCUT2D eigenvalue weighted by atomic mass is 10.1. The SMILES string of the molecule is CC(C#N)c1cnc(-c2ccc3ccccc3c2)n1-c1ccnc(NC2CCCNC2)n1. The summed E-state index contributed by atoms with van der Waals surface area (Å²) in [6.07, 6.45) is 5.75. The number of hydrogen-bond donors (Lipinski definition) is 2. The first-order valence-corrected chi connectivity index (χ1v) is 11.0. The van der Waals surface area contributed by atoms with Gasteiger partial charge in [-0.25, -0.2) is 9.97 Å². The fourth-order valence-electron chi connectivity index (χ4n) is 4.21. The fourth-order valence-corrected chi connectivity index (χ4v) is 4.21. The van der Waals surface area contributed by atoms with Crippen LogP contribution >= 0.6 is 0 Å². The second-order valence-electron chi connectivity index (χ2n) is 8.18. The van der Waals surface area contributed by atoms with Crippen molar-refractivity contribution in [2.45, 2.75) is 31.7 Å². The average molecular weight is 424 g/mol. The lowest BCUT2D eigenvalue weighted by Gasteiger charge is -2.24. The van der Waals surface area contributed by atoms with Crippen LogP contribution in [0.15, 0.2) is 60.9 Å². The average Bonchev–Trinajstić information content (AvgIpc) is 3.29. The molecule has 0 aliphatic carbocycles. The number of imidazole rings is 1. The number of piperidine rings is 1. The minimum absolute atomic E-state index is 0.305. The van der Waals surface area contributed by atoms with E-state index in [-0.39, 0.29) is 5.92 Å². The van der Waals surface area contributed by atoms with Gasteiger partial charge in [0.05, 0.1) is 23.9 Å². The normalized spacial score (nSPS) is 17.1. The van der Waals surface area contributed by atoms with Gasteiger partial charge in [0.2, 0.25) is 5.95 Å². The molecule has 3 heterocycles. The van der Waals surface area contributed by atoms with Gasteiger partial charge in [-0.3, -0.25) is 4.57 Å². The van der Waals surface area contributed by atoms with Gasteiger partial charge in [0, 0.05) is 24.3 Å². The molecule has 2 aromatic carbocycles. The molecule has 2 unspecified atom stereocenters. The van der Waals surface area contributed by atoms with Crippen LogP contribution < -0.4 is 10.6 Å². The maximum absolute atomic E-state index is 9.61. The summed E-state index contributed by atoms with van der Waals surface area (Å²) in [5, 5.41) is 18.8. The summed E-state index contributed by atoms with van der Waals surface area (Å²) in [7, 11) is 0. The van der Waals surface area contributed by atoms with Crippen LogP contribution in [-0.4, -0.2) is 38.7 Å². The van der Waals surface area contributed by atoms with E-state index in [0.29, 0.717) is 17.8 Å². The second kappa shape index (κ2) is 8.77. The predicted molar refractivity (Wildman–Crippen MR) is 126 cm³/mol. The van der Waals surface area contributed by atoms with E-state index >= 15 is 0 Å².